The fourth-order valence-corrected chi connectivity index (χ4v) is 1.69. The van der Waals surface area contributed by atoms with Crippen LogP contribution in [0.15, 0.2) is 0 Å². The lowest BCUT2D eigenvalue weighted by molar-refractivity contribution is -0.128. The number of nitrogens with zero attached hydrogens (tertiary/aromatic N) is 1. The smallest absolute Gasteiger partial charge is 0.324 e. The van der Waals surface area contributed by atoms with Crippen molar-refractivity contribution in [3.63, 3.8) is 0 Å². The normalized spacial score (nSPS) is 23.1. The minimum absolute atomic E-state index is 0.0530. The number of hydrogen-bond acceptors (Lipinski definition) is 2. The van der Waals surface area contributed by atoms with Gasteiger partial charge in [-0.15, -0.1) is 0 Å². The molecule has 15 heavy (non-hydrogen) atoms. The second-order valence-corrected chi connectivity index (χ2v) is 4.16. The highest BCUT2D eigenvalue weighted by Gasteiger charge is 2.39. The van der Waals surface area contributed by atoms with Crippen LogP contribution in [-0.2, 0) is 4.79 Å². The molecule has 4 heteroatoms. The lowest BCUT2D eigenvalue weighted by Gasteiger charge is -2.15. The number of nitrogens with one attached hydrogen (secondary N) is 1. The van der Waals surface area contributed by atoms with Crippen molar-refractivity contribution in [1.82, 2.24) is 10.2 Å². The molecule has 1 aliphatic rings. The van der Waals surface area contributed by atoms with Gasteiger partial charge >= 0.3 is 6.03 Å². The van der Waals surface area contributed by atoms with Gasteiger partial charge in [0.1, 0.15) is 6.04 Å². The van der Waals surface area contributed by atoms with Crippen LogP contribution < -0.4 is 5.32 Å². The van der Waals surface area contributed by atoms with Gasteiger partial charge in [0, 0.05) is 6.54 Å². The summed E-state index contributed by atoms with van der Waals surface area (Å²) in [5.74, 6) is 0.163. The number of amides is 3. The molecule has 1 aliphatic heterocycles. The molecular formula is C11H20N2O2. The SMILES string of the molecule is CCCCN1C(=O)NC(C(C)CC)C1=O. The lowest BCUT2D eigenvalue weighted by Crippen LogP contribution is -2.35. The summed E-state index contributed by atoms with van der Waals surface area (Å²) < 4.78 is 0. The van der Waals surface area contributed by atoms with Crippen molar-refractivity contribution in [3.8, 4) is 0 Å². The van der Waals surface area contributed by atoms with Gasteiger partial charge in [-0.3, -0.25) is 9.69 Å². The molecule has 1 heterocycles. The summed E-state index contributed by atoms with van der Waals surface area (Å²) in [5.41, 5.74) is 0. The quantitative estimate of drug-likeness (QED) is 0.706. The zero-order chi connectivity index (χ0) is 11.4. The topological polar surface area (TPSA) is 49.4 Å². The van der Waals surface area contributed by atoms with E-state index in [0.29, 0.717) is 6.54 Å². The number of carbonyl (C=O) groups excluding carboxylic acids is 2. The maximum absolute atomic E-state index is 11.9. The first-order valence-electron chi connectivity index (χ1n) is 5.73. The highest BCUT2D eigenvalue weighted by atomic mass is 16.2. The van der Waals surface area contributed by atoms with Crippen LogP contribution in [0.25, 0.3) is 0 Å². The van der Waals surface area contributed by atoms with Gasteiger partial charge in [-0.1, -0.05) is 33.6 Å². The minimum Gasteiger partial charge on any atom is -0.326 e. The molecule has 86 valence electrons. The van der Waals surface area contributed by atoms with E-state index in [1.54, 1.807) is 0 Å². The van der Waals surface area contributed by atoms with Crippen LogP contribution in [0.3, 0.4) is 0 Å². The van der Waals surface area contributed by atoms with Gasteiger partial charge in [0.2, 0.25) is 0 Å². The molecule has 0 aromatic heterocycles. The first kappa shape index (κ1) is 12.0. The second kappa shape index (κ2) is 5.14. The second-order valence-electron chi connectivity index (χ2n) is 4.16. The van der Waals surface area contributed by atoms with E-state index in [2.05, 4.69) is 5.32 Å². The van der Waals surface area contributed by atoms with Crippen LogP contribution in [0.5, 0.6) is 0 Å². The van der Waals surface area contributed by atoms with Crippen molar-refractivity contribution in [2.75, 3.05) is 6.54 Å². The lowest BCUT2D eigenvalue weighted by atomic mass is 9.99. The number of carbonyl (C=O) groups is 2. The third-order valence-electron chi connectivity index (χ3n) is 3.00. The van der Waals surface area contributed by atoms with E-state index < -0.39 is 0 Å². The van der Waals surface area contributed by atoms with Crippen molar-refractivity contribution in [1.29, 1.82) is 0 Å². The average molecular weight is 212 g/mol. The predicted molar refractivity (Wildman–Crippen MR) is 58.4 cm³/mol. The monoisotopic (exact) mass is 212 g/mol. The number of urea groups is 1. The van der Waals surface area contributed by atoms with E-state index in [1.807, 2.05) is 20.8 Å². The summed E-state index contributed by atoms with van der Waals surface area (Å²) in [5, 5.41) is 2.75. The van der Waals surface area contributed by atoms with Gasteiger partial charge < -0.3 is 5.32 Å². The number of rotatable bonds is 5. The van der Waals surface area contributed by atoms with Crippen molar-refractivity contribution >= 4 is 11.9 Å². The van der Waals surface area contributed by atoms with Crippen LogP contribution in [0.2, 0.25) is 0 Å². The summed E-state index contributed by atoms with van der Waals surface area (Å²) in [6.45, 7) is 6.61. The van der Waals surface area contributed by atoms with Gasteiger partial charge in [-0.05, 0) is 12.3 Å². The zero-order valence-electron chi connectivity index (χ0n) is 9.75. The van der Waals surface area contributed by atoms with Crippen molar-refractivity contribution in [2.24, 2.45) is 5.92 Å². The third kappa shape index (κ3) is 2.49. The summed E-state index contributed by atoms with van der Waals surface area (Å²) in [7, 11) is 0. The Morgan fingerprint density at radius 3 is 2.60 bits per heavy atom. The Morgan fingerprint density at radius 2 is 2.07 bits per heavy atom. The first-order valence-corrected chi connectivity index (χ1v) is 5.73. The molecule has 0 aromatic rings. The molecule has 2 unspecified atom stereocenters. The Balaban J connectivity index is 2.62. The summed E-state index contributed by atoms with van der Waals surface area (Å²) in [4.78, 5) is 24.7. The van der Waals surface area contributed by atoms with Crippen molar-refractivity contribution in [3.05, 3.63) is 0 Å². The molecule has 2 atom stereocenters. The van der Waals surface area contributed by atoms with Crippen molar-refractivity contribution < 1.29 is 9.59 Å². The molecule has 4 nitrogen and oxygen atoms in total. The predicted octanol–water partition coefficient (Wildman–Crippen LogP) is 1.75. The van der Waals surface area contributed by atoms with Gasteiger partial charge in [0.15, 0.2) is 0 Å². The number of hydrogen-bond donors (Lipinski definition) is 1. The molecule has 0 bridgehead atoms. The van der Waals surface area contributed by atoms with Crippen LogP contribution >= 0.6 is 0 Å². The summed E-state index contributed by atoms with van der Waals surface area (Å²) in [6.07, 6.45) is 2.77. The maximum Gasteiger partial charge on any atom is 0.324 e. The maximum atomic E-state index is 11.9. The molecule has 1 N–H and O–H groups in total. The molecule has 1 fully saturated rings. The fraction of sp³-hybridized carbons (Fsp3) is 0.818. The summed E-state index contributed by atoms with van der Waals surface area (Å²) in [6, 6.07) is -0.530. The Bertz CT molecular complexity index is 253. The van der Waals surface area contributed by atoms with Gasteiger partial charge in [0.25, 0.3) is 5.91 Å². The van der Waals surface area contributed by atoms with Gasteiger partial charge in [-0.2, -0.15) is 0 Å². The molecular weight excluding hydrogens is 192 g/mol. The Kier molecular flexibility index (Phi) is 4.12. The van der Waals surface area contributed by atoms with E-state index in [1.165, 1.54) is 4.90 Å². The largest absolute Gasteiger partial charge is 0.326 e. The number of unbranched alkanes of at least 4 members (excludes halogenated alkanes) is 1. The van der Waals surface area contributed by atoms with Crippen LogP contribution in [0, 0.1) is 5.92 Å². The third-order valence-corrected chi connectivity index (χ3v) is 3.00. The van der Waals surface area contributed by atoms with Crippen LogP contribution in [0.4, 0.5) is 4.79 Å². The first-order chi connectivity index (χ1) is 7.11. The van der Waals surface area contributed by atoms with E-state index in [4.69, 9.17) is 0 Å². The molecule has 0 aliphatic carbocycles. The Morgan fingerprint density at radius 1 is 1.40 bits per heavy atom. The van der Waals surface area contributed by atoms with E-state index in [-0.39, 0.29) is 23.9 Å². The number of imide groups is 1. The highest BCUT2D eigenvalue weighted by molar-refractivity contribution is 6.04. The molecule has 0 saturated carbocycles. The van der Waals surface area contributed by atoms with E-state index >= 15 is 0 Å². The van der Waals surface area contributed by atoms with Crippen molar-refractivity contribution in [2.45, 2.75) is 46.1 Å². The molecule has 0 spiro atoms. The van der Waals surface area contributed by atoms with Crippen LogP contribution in [0.1, 0.15) is 40.0 Å². The van der Waals surface area contributed by atoms with E-state index in [0.717, 1.165) is 19.3 Å². The standard InChI is InChI=1S/C11H20N2O2/c1-4-6-7-13-10(14)9(8(3)5-2)12-11(13)15/h8-9H,4-7H2,1-3H3,(H,12,15). The van der Waals surface area contributed by atoms with E-state index in [9.17, 15) is 9.59 Å². The minimum atomic E-state index is -0.306. The molecule has 0 radical (unpaired) electrons. The molecule has 0 aromatic carbocycles. The van der Waals surface area contributed by atoms with Crippen LogP contribution in [-0.4, -0.2) is 29.4 Å². The van der Waals surface area contributed by atoms with Gasteiger partial charge in [-0.25, -0.2) is 4.79 Å². The average Bonchev–Trinajstić information content (AvgIpc) is 2.51. The Labute approximate surface area is 91.0 Å². The summed E-state index contributed by atoms with van der Waals surface area (Å²) >= 11 is 0. The highest BCUT2D eigenvalue weighted by Crippen LogP contribution is 2.16. The molecule has 1 saturated heterocycles. The Hall–Kier alpha value is -1.06. The molecule has 1 rings (SSSR count). The van der Waals surface area contributed by atoms with Gasteiger partial charge in [0.05, 0.1) is 0 Å². The fourth-order valence-electron chi connectivity index (χ4n) is 1.69. The zero-order valence-corrected chi connectivity index (χ0v) is 9.75. The molecule has 3 amide bonds.